The molecule has 102 valence electrons. The van der Waals surface area contributed by atoms with E-state index in [1.54, 1.807) is 14.0 Å². The maximum Gasteiger partial charge on any atom is 0.317 e. The molecule has 2 amide bonds. The average molecular weight is 255 g/mol. The second-order valence-electron chi connectivity index (χ2n) is 4.33. The van der Waals surface area contributed by atoms with E-state index in [-0.39, 0.29) is 25.0 Å². The van der Waals surface area contributed by atoms with E-state index in [1.165, 1.54) is 4.90 Å². The second-order valence-corrected chi connectivity index (χ2v) is 4.33. The number of carbonyl (C=O) groups excluding carboxylic acids is 1. The summed E-state index contributed by atoms with van der Waals surface area (Å²) in [4.78, 5) is 24.0. The van der Waals surface area contributed by atoms with Crippen molar-refractivity contribution in [2.45, 2.75) is 39.2 Å². The van der Waals surface area contributed by atoms with Crippen LogP contribution in [0.1, 0.15) is 33.1 Å². The van der Waals surface area contributed by atoms with Gasteiger partial charge in [0.1, 0.15) is 0 Å². The van der Waals surface area contributed by atoms with E-state index in [1.807, 2.05) is 13.0 Å². The zero-order valence-electron chi connectivity index (χ0n) is 11.1. The number of nitrogens with zero attached hydrogens (tertiary/aromatic N) is 2. The molecule has 0 bridgehead atoms. The molecule has 0 aromatic carbocycles. The zero-order valence-corrected chi connectivity index (χ0v) is 11.1. The highest BCUT2D eigenvalue weighted by atomic mass is 16.4. The van der Waals surface area contributed by atoms with Gasteiger partial charge in [-0.25, -0.2) is 4.79 Å². The second kappa shape index (κ2) is 8.34. The summed E-state index contributed by atoms with van der Waals surface area (Å²) in [5, 5.41) is 20.1. The molecule has 0 aromatic rings. The predicted molar refractivity (Wildman–Crippen MR) is 66.9 cm³/mol. The van der Waals surface area contributed by atoms with Crippen LogP contribution < -0.4 is 5.32 Å². The molecule has 0 saturated heterocycles. The summed E-state index contributed by atoms with van der Waals surface area (Å²) in [6.45, 7) is 3.79. The van der Waals surface area contributed by atoms with Gasteiger partial charge >= 0.3 is 12.0 Å². The Bertz CT molecular complexity index is 325. The van der Waals surface area contributed by atoms with Gasteiger partial charge in [-0.05, 0) is 13.3 Å². The Balaban J connectivity index is 4.23. The van der Waals surface area contributed by atoms with Crippen molar-refractivity contribution in [2.24, 2.45) is 5.92 Å². The van der Waals surface area contributed by atoms with Gasteiger partial charge < -0.3 is 15.3 Å². The van der Waals surface area contributed by atoms with E-state index in [9.17, 15) is 9.59 Å². The van der Waals surface area contributed by atoms with Crippen molar-refractivity contribution in [1.29, 1.82) is 5.26 Å². The van der Waals surface area contributed by atoms with Crippen LogP contribution in [0.15, 0.2) is 0 Å². The number of aliphatic carboxylic acids is 1. The van der Waals surface area contributed by atoms with Crippen LogP contribution in [-0.2, 0) is 4.79 Å². The highest BCUT2D eigenvalue weighted by Gasteiger charge is 2.20. The molecule has 6 heteroatoms. The van der Waals surface area contributed by atoms with Gasteiger partial charge in [0.05, 0.1) is 18.4 Å². The number of carbonyl (C=O) groups is 2. The lowest BCUT2D eigenvalue weighted by Crippen LogP contribution is -2.44. The number of carboxylic acid groups (broad SMARTS) is 1. The van der Waals surface area contributed by atoms with Crippen LogP contribution in [0.2, 0.25) is 0 Å². The maximum absolute atomic E-state index is 11.7. The summed E-state index contributed by atoms with van der Waals surface area (Å²) in [7, 11) is 1.59. The highest BCUT2D eigenvalue weighted by Crippen LogP contribution is 2.06. The molecule has 0 aliphatic carbocycles. The van der Waals surface area contributed by atoms with Crippen LogP contribution in [-0.4, -0.2) is 41.6 Å². The van der Waals surface area contributed by atoms with Crippen molar-refractivity contribution < 1.29 is 14.7 Å². The molecule has 2 unspecified atom stereocenters. The molecular formula is C12H21N3O3. The monoisotopic (exact) mass is 255 g/mol. The van der Waals surface area contributed by atoms with E-state index in [4.69, 9.17) is 10.4 Å². The van der Waals surface area contributed by atoms with Gasteiger partial charge in [0, 0.05) is 19.6 Å². The number of hydrogen-bond acceptors (Lipinski definition) is 3. The van der Waals surface area contributed by atoms with Crippen molar-refractivity contribution in [2.75, 3.05) is 13.6 Å². The number of amides is 2. The first-order valence-corrected chi connectivity index (χ1v) is 6.04. The van der Waals surface area contributed by atoms with Crippen molar-refractivity contribution in [3.8, 4) is 6.07 Å². The molecule has 18 heavy (non-hydrogen) atoms. The minimum Gasteiger partial charge on any atom is -0.481 e. The minimum atomic E-state index is -0.898. The van der Waals surface area contributed by atoms with Crippen molar-refractivity contribution in [3.05, 3.63) is 0 Å². The Labute approximate surface area is 108 Å². The Morgan fingerprint density at radius 3 is 2.56 bits per heavy atom. The molecule has 0 spiro atoms. The molecule has 0 rings (SSSR count). The third-order valence-corrected chi connectivity index (χ3v) is 2.85. The van der Waals surface area contributed by atoms with Gasteiger partial charge in [-0.3, -0.25) is 4.79 Å². The lowest BCUT2D eigenvalue weighted by molar-refractivity contribution is -0.141. The molecular weight excluding hydrogens is 234 g/mol. The predicted octanol–water partition coefficient (Wildman–Crippen LogP) is 1.43. The summed E-state index contributed by atoms with van der Waals surface area (Å²) < 4.78 is 0. The molecule has 0 heterocycles. The molecule has 2 atom stereocenters. The molecule has 0 radical (unpaired) electrons. The molecule has 0 fully saturated rings. The lowest BCUT2D eigenvalue weighted by Gasteiger charge is -2.24. The molecule has 0 aliphatic heterocycles. The van der Waals surface area contributed by atoms with Crippen molar-refractivity contribution >= 4 is 12.0 Å². The quantitative estimate of drug-likeness (QED) is 0.719. The minimum absolute atomic E-state index is 0.117. The number of carboxylic acids is 1. The molecule has 0 aromatic heterocycles. The van der Waals surface area contributed by atoms with Gasteiger partial charge in [0.25, 0.3) is 0 Å². The topological polar surface area (TPSA) is 93.4 Å². The number of hydrogen-bond donors (Lipinski definition) is 2. The van der Waals surface area contributed by atoms with E-state index in [2.05, 4.69) is 5.32 Å². The SMILES string of the molecule is CCCC(CNC(=O)N(C)C(C)CC#N)C(=O)O. The summed E-state index contributed by atoms with van der Waals surface area (Å²) in [6.07, 6.45) is 1.54. The normalized spacial score (nSPS) is 13.2. The third kappa shape index (κ3) is 5.53. The van der Waals surface area contributed by atoms with Crippen LogP contribution in [0.4, 0.5) is 4.79 Å². The Hall–Kier alpha value is -1.77. The van der Waals surface area contributed by atoms with Gasteiger partial charge in [-0.1, -0.05) is 13.3 Å². The van der Waals surface area contributed by atoms with E-state index in [0.29, 0.717) is 6.42 Å². The van der Waals surface area contributed by atoms with Gasteiger partial charge in [0.2, 0.25) is 0 Å². The van der Waals surface area contributed by atoms with E-state index >= 15 is 0 Å². The zero-order chi connectivity index (χ0) is 14.1. The average Bonchev–Trinajstić information content (AvgIpc) is 2.32. The largest absolute Gasteiger partial charge is 0.481 e. The molecule has 0 aliphatic rings. The first-order valence-electron chi connectivity index (χ1n) is 6.04. The third-order valence-electron chi connectivity index (χ3n) is 2.85. The van der Waals surface area contributed by atoms with Gasteiger partial charge in [-0.2, -0.15) is 5.26 Å². The Kier molecular flexibility index (Phi) is 7.52. The summed E-state index contributed by atoms with van der Waals surface area (Å²) in [6, 6.07) is 1.45. The van der Waals surface area contributed by atoms with Crippen LogP contribution >= 0.6 is 0 Å². The first kappa shape index (κ1) is 16.2. The molecule has 0 saturated carbocycles. The lowest BCUT2D eigenvalue weighted by atomic mass is 10.0. The van der Waals surface area contributed by atoms with Gasteiger partial charge in [0.15, 0.2) is 0 Å². The fourth-order valence-corrected chi connectivity index (χ4v) is 1.47. The summed E-state index contributed by atoms with van der Waals surface area (Å²) in [5.74, 6) is -1.46. The fourth-order valence-electron chi connectivity index (χ4n) is 1.47. The van der Waals surface area contributed by atoms with Crippen molar-refractivity contribution in [1.82, 2.24) is 10.2 Å². The summed E-state index contributed by atoms with van der Waals surface area (Å²) in [5.41, 5.74) is 0. The van der Waals surface area contributed by atoms with E-state index in [0.717, 1.165) is 6.42 Å². The maximum atomic E-state index is 11.7. The Morgan fingerprint density at radius 1 is 1.50 bits per heavy atom. The van der Waals surface area contributed by atoms with Crippen LogP contribution in [0, 0.1) is 17.2 Å². The smallest absolute Gasteiger partial charge is 0.317 e. The fraction of sp³-hybridized carbons (Fsp3) is 0.750. The number of nitrogens with one attached hydrogen (secondary N) is 1. The van der Waals surface area contributed by atoms with Crippen LogP contribution in [0.5, 0.6) is 0 Å². The number of urea groups is 1. The van der Waals surface area contributed by atoms with Gasteiger partial charge in [-0.15, -0.1) is 0 Å². The first-order chi connectivity index (χ1) is 8.43. The highest BCUT2D eigenvalue weighted by molar-refractivity contribution is 5.76. The molecule has 2 N–H and O–H groups in total. The number of nitriles is 1. The van der Waals surface area contributed by atoms with E-state index < -0.39 is 11.9 Å². The Morgan fingerprint density at radius 2 is 2.11 bits per heavy atom. The molecule has 6 nitrogen and oxygen atoms in total. The standard InChI is InChI=1S/C12H21N3O3/c1-4-5-10(11(16)17)8-14-12(18)15(3)9(2)6-7-13/h9-10H,4-6,8H2,1-3H3,(H,14,18)(H,16,17). The van der Waals surface area contributed by atoms with Crippen LogP contribution in [0.25, 0.3) is 0 Å². The van der Waals surface area contributed by atoms with Crippen molar-refractivity contribution in [3.63, 3.8) is 0 Å². The summed E-state index contributed by atoms with van der Waals surface area (Å²) >= 11 is 0. The van der Waals surface area contributed by atoms with Crippen LogP contribution in [0.3, 0.4) is 0 Å². The number of rotatable bonds is 7.